The van der Waals surface area contributed by atoms with Gasteiger partial charge in [0.25, 0.3) is 0 Å². The number of aliphatic hydroxyl groups is 7. The molecule has 8 N–H and O–H groups in total. The Kier molecular flexibility index (Phi) is 57.0. The van der Waals surface area contributed by atoms with E-state index in [9.17, 15) is 40.5 Å². The van der Waals surface area contributed by atoms with Gasteiger partial charge in [0.1, 0.15) is 36.6 Å². The van der Waals surface area contributed by atoms with Crippen molar-refractivity contribution >= 4 is 5.91 Å². The molecule has 1 aliphatic rings. The maximum absolute atomic E-state index is 13.2. The van der Waals surface area contributed by atoms with Crippen LogP contribution in [0.25, 0.3) is 0 Å². The van der Waals surface area contributed by atoms with E-state index in [1.807, 2.05) is 0 Å². The number of aliphatic hydroxyl groups excluding tert-OH is 7. The van der Waals surface area contributed by atoms with Crippen molar-refractivity contribution in [3.05, 3.63) is 36.5 Å². The van der Waals surface area contributed by atoms with Gasteiger partial charge in [-0.25, -0.2) is 0 Å². The van der Waals surface area contributed by atoms with Crippen molar-refractivity contribution in [1.82, 2.24) is 5.32 Å². The topological polar surface area (TPSA) is 189 Å². The Hall–Kier alpha value is -1.67. The highest BCUT2D eigenvalue weighted by Gasteiger charge is 2.44. The van der Waals surface area contributed by atoms with Crippen LogP contribution in [-0.2, 0) is 14.3 Å². The fourth-order valence-electron chi connectivity index (χ4n) is 11.5. The highest BCUT2D eigenvalue weighted by Crippen LogP contribution is 2.24. The van der Waals surface area contributed by atoms with Crippen molar-refractivity contribution in [3.63, 3.8) is 0 Å². The van der Waals surface area contributed by atoms with Gasteiger partial charge in [-0.2, -0.15) is 0 Å². The van der Waals surface area contributed by atoms with E-state index < -0.39 is 74.2 Å². The summed E-state index contributed by atoms with van der Waals surface area (Å²) in [6.45, 7) is 3.49. The van der Waals surface area contributed by atoms with Crippen LogP contribution in [0.2, 0.25) is 0 Å². The number of unbranched alkanes of at least 4 members (excludes halogenated alkanes) is 44. The summed E-state index contributed by atoms with van der Waals surface area (Å²) in [4.78, 5) is 13.2. The lowest BCUT2D eigenvalue weighted by atomic mass is 9.98. The Morgan fingerprint density at radius 1 is 0.415 bits per heavy atom. The molecular weight excluding hydrogens is 1030 g/mol. The second-order valence-electron chi connectivity index (χ2n) is 24.9. The number of allylic oxidation sites excluding steroid dienone is 6. The molecule has 0 aromatic heterocycles. The van der Waals surface area contributed by atoms with Gasteiger partial charge in [0.15, 0.2) is 6.29 Å². The summed E-state index contributed by atoms with van der Waals surface area (Å²) < 4.78 is 11.2. The molecule has 0 radical (unpaired) electrons. The minimum atomic E-state index is -1.67. The van der Waals surface area contributed by atoms with Gasteiger partial charge >= 0.3 is 0 Å². The zero-order valence-corrected chi connectivity index (χ0v) is 53.5. The van der Waals surface area contributed by atoms with Crippen molar-refractivity contribution in [1.29, 1.82) is 0 Å². The number of amides is 1. The molecule has 0 saturated carbocycles. The number of carbonyl (C=O) groups excluding carboxylic acids is 1. The summed E-state index contributed by atoms with van der Waals surface area (Å²) in [5, 5.41) is 76.5. The van der Waals surface area contributed by atoms with E-state index >= 15 is 0 Å². The molecule has 1 rings (SSSR count). The molecule has 1 aliphatic heterocycles. The Morgan fingerprint density at radius 3 is 1.09 bits per heavy atom. The van der Waals surface area contributed by atoms with E-state index in [-0.39, 0.29) is 12.8 Å². The Bertz CT molecular complexity index is 1430. The standard InChI is InChI=1S/C71H135NO10/c1-3-5-7-9-11-13-15-17-19-21-23-25-27-29-31-32-33-35-36-38-40-42-44-46-48-50-52-54-56-58-63(74)66(76)62(61-81-71-69(79)68(78)67(77)65(60-73)82-71)72-70(80)64(75)59-57-55-53-51-49-47-45-43-41-39-37-34-30-28-26-24-22-20-18-16-14-12-10-8-6-4-2/h35-36,42,44,50,52,62-69,71,73-79H,3-34,37-41,43,45-49,51,53-61H2,1-2H3,(H,72,80)/b36-35+,44-42+,52-50+. The minimum absolute atomic E-state index is 0.243. The zero-order chi connectivity index (χ0) is 59.6. The first-order chi connectivity index (χ1) is 40.2. The molecule has 11 nitrogen and oxygen atoms in total. The number of rotatable bonds is 62. The summed E-state index contributed by atoms with van der Waals surface area (Å²) in [6, 6.07) is -1.19. The van der Waals surface area contributed by atoms with E-state index in [1.54, 1.807) is 0 Å². The molecule has 0 bridgehead atoms. The summed E-state index contributed by atoms with van der Waals surface area (Å²) >= 11 is 0. The summed E-state index contributed by atoms with van der Waals surface area (Å²) in [6.07, 6.45) is 65.2. The molecular formula is C71H135NO10. The largest absolute Gasteiger partial charge is 0.394 e. The number of hydrogen-bond acceptors (Lipinski definition) is 10. The average Bonchev–Trinajstić information content (AvgIpc) is 3.48. The van der Waals surface area contributed by atoms with E-state index in [1.165, 1.54) is 250 Å². The molecule has 1 amide bonds. The fourth-order valence-corrected chi connectivity index (χ4v) is 11.5. The van der Waals surface area contributed by atoms with Gasteiger partial charge < -0.3 is 50.5 Å². The predicted octanol–water partition coefficient (Wildman–Crippen LogP) is 17.0. The van der Waals surface area contributed by atoms with Crippen molar-refractivity contribution in [2.45, 2.75) is 396 Å². The molecule has 1 heterocycles. The lowest BCUT2D eigenvalue weighted by molar-refractivity contribution is -0.303. The predicted molar refractivity (Wildman–Crippen MR) is 344 cm³/mol. The van der Waals surface area contributed by atoms with Gasteiger partial charge in [0.2, 0.25) is 5.91 Å². The van der Waals surface area contributed by atoms with Crippen molar-refractivity contribution in [2.75, 3.05) is 13.2 Å². The maximum atomic E-state index is 13.2. The normalized spacial score (nSPS) is 19.3. The van der Waals surface area contributed by atoms with Gasteiger partial charge in [-0.05, 0) is 64.2 Å². The minimum Gasteiger partial charge on any atom is -0.394 e. The molecule has 1 saturated heterocycles. The highest BCUT2D eigenvalue weighted by molar-refractivity contribution is 5.80. The maximum Gasteiger partial charge on any atom is 0.249 e. The third-order valence-corrected chi connectivity index (χ3v) is 17.2. The second-order valence-corrected chi connectivity index (χ2v) is 24.9. The van der Waals surface area contributed by atoms with Gasteiger partial charge in [-0.1, -0.05) is 314 Å². The average molecular weight is 1160 g/mol. The summed E-state index contributed by atoms with van der Waals surface area (Å²) in [5.74, 6) is -0.706. The molecule has 9 atom stereocenters. The lowest BCUT2D eigenvalue weighted by Crippen LogP contribution is -2.60. The van der Waals surface area contributed by atoms with Crippen molar-refractivity contribution in [3.8, 4) is 0 Å². The number of ether oxygens (including phenoxy) is 2. The third-order valence-electron chi connectivity index (χ3n) is 17.2. The molecule has 11 heteroatoms. The molecule has 484 valence electrons. The van der Waals surface area contributed by atoms with Gasteiger partial charge in [0.05, 0.1) is 25.4 Å². The molecule has 1 fully saturated rings. The number of hydrogen-bond donors (Lipinski definition) is 8. The van der Waals surface area contributed by atoms with Crippen LogP contribution in [0, 0.1) is 0 Å². The molecule has 0 aromatic rings. The lowest BCUT2D eigenvalue weighted by Gasteiger charge is -2.40. The molecule has 9 unspecified atom stereocenters. The monoisotopic (exact) mass is 1160 g/mol. The molecule has 0 aliphatic carbocycles. The first kappa shape index (κ1) is 78.3. The van der Waals surface area contributed by atoms with Crippen LogP contribution in [0.15, 0.2) is 36.5 Å². The number of carbonyl (C=O) groups is 1. The summed E-state index contributed by atoms with van der Waals surface area (Å²) in [5.41, 5.74) is 0. The third kappa shape index (κ3) is 46.5. The summed E-state index contributed by atoms with van der Waals surface area (Å²) in [7, 11) is 0. The van der Waals surface area contributed by atoms with E-state index in [0.717, 1.165) is 44.9 Å². The van der Waals surface area contributed by atoms with Crippen molar-refractivity contribution < 1.29 is 50.0 Å². The SMILES string of the molecule is CCCCCCCCCCCCCCCCCC/C=C/CC/C=C/CC/C=C/CCCC(O)C(O)C(COC1OC(CO)C(O)C(O)C1O)NC(=O)C(O)CCCCCCCCCCCCCCCCCCCCCCCCCCCC. The van der Waals surface area contributed by atoms with E-state index in [2.05, 4.69) is 55.6 Å². The zero-order valence-electron chi connectivity index (χ0n) is 53.5. The van der Waals surface area contributed by atoms with Crippen LogP contribution in [-0.4, -0.2) is 110 Å². The van der Waals surface area contributed by atoms with Gasteiger partial charge in [-0.3, -0.25) is 4.79 Å². The first-order valence-electron chi connectivity index (χ1n) is 35.4. The quantitative estimate of drug-likeness (QED) is 0.0215. The van der Waals surface area contributed by atoms with Crippen LogP contribution < -0.4 is 5.32 Å². The highest BCUT2D eigenvalue weighted by atomic mass is 16.7. The van der Waals surface area contributed by atoms with E-state index in [0.29, 0.717) is 19.3 Å². The van der Waals surface area contributed by atoms with Crippen molar-refractivity contribution in [2.24, 2.45) is 0 Å². The van der Waals surface area contributed by atoms with Gasteiger partial charge in [0, 0.05) is 0 Å². The smallest absolute Gasteiger partial charge is 0.249 e. The molecule has 0 aromatic carbocycles. The Balaban J connectivity index is 2.24. The van der Waals surface area contributed by atoms with Crippen LogP contribution in [0.3, 0.4) is 0 Å². The first-order valence-corrected chi connectivity index (χ1v) is 35.4. The van der Waals surface area contributed by atoms with Crippen LogP contribution >= 0.6 is 0 Å². The van der Waals surface area contributed by atoms with E-state index in [4.69, 9.17) is 9.47 Å². The van der Waals surface area contributed by atoms with Gasteiger partial charge in [-0.15, -0.1) is 0 Å². The fraction of sp³-hybridized carbons (Fsp3) is 0.901. The second kappa shape index (κ2) is 59.7. The Morgan fingerprint density at radius 2 is 0.732 bits per heavy atom. The van der Waals surface area contributed by atoms with Crippen LogP contribution in [0.4, 0.5) is 0 Å². The van der Waals surface area contributed by atoms with Crippen LogP contribution in [0.5, 0.6) is 0 Å². The van der Waals surface area contributed by atoms with Crippen LogP contribution in [0.1, 0.15) is 341 Å². The molecule has 82 heavy (non-hydrogen) atoms. The Labute approximate surface area is 505 Å². The number of nitrogens with one attached hydrogen (secondary N) is 1. The molecule has 0 spiro atoms.